The summed E-state index contributed by atoms with van der Waals surface area (Å²) in [5, 5.41) is 0. The van der Waals surface area contributed by atoms with E-state index in [0.717, 1.165) is 9.87 Å². The van der Waals surface area contributed by atoms with E-state index in [1.807, 2.05) is 18.2 Å². The normalized spacial score (nSPS) is 11.2. The molecule has 0 spiro atoms. The lowest BCUT2D eigenvalue weighted by Gasteiger charge is -2.17. The smallest absolute Gasteiger partial charge is 0.338 e. The van der Waals surface area contributed by atoms with Crippen molar-refractivity contribution in [3.8, 4) is 5.75 Å². The maximum Gasteiger partial charge on any atom is 0.338 e. The van der Waals surface area contributed by atoms with Crippen molar-refractivity contribution in [2.75, 3.05) is 34.9 Å². The molecule has 0 unspecified atom stereocenters. The molecule has 0 aliphatic carbocycles. The highest BCUT2D eigenvalue weighted by molar-refractivity contribution is 7.89. The molecule has 2 aromatic rings. The van der Waals surface area contributed by atoms with E-state index >= 15 is 0 Å². The number of rotatable bonds is 8. The summed E-state index contributed by atoms with van der Waals surface area (Å²) in [5.74, 6) is -0.482. The van der Waals surface area contributed by atoms with Gasteiger partial charge in [0.2, 0.25) is 10.0 Å². The highest BCUT2D eigenvalue weighted by Gasteiger charge is 2.20. The lowest BCUT2D eigenvalue weighted by molar-refractivity contribution is -0.133. The zero-order valence-corrected chi connectivity index (χ0v) is 17.6. The fourth-order valence-electron chi connectivity index (χ4n) is 2.45. The van der Waals surface area contributed by atoms with Crippen molar-refractivity contribution in [1.82, 2.24) is 9.21 Å². The monoisotopic (exact) mass is 420 g/mol. The van der Waals surface area contributed by atoms with Gasteiger partial charge in [-0.25, -0.2) is 17.5 Å². The summed E-state index contributed by atoms with van der Waals surface area (Å²) < 4.78 is 35.6. The first-order valence-electron chi connectivity index (χ1n) is 8.71. The first-order valence-corrected chi connectivity index (χ1v) is 10.2. The van der Waals surface area contributed by atoms with Crippen LogP contribution >= 0.6 is 0 Å². The van der Waals surface area contributed by atoms with E-state index < -0.39 is 28.5 Å². The summed E-state index contributed by atoms with van der Waals surface area (Å²) in [5.41, 5.74) is 0.921. The van der Waals surface area contributed by atoms with Gasteiger partial charge in [-0.3, -0.25) is 4.79 Å². The molecule has 0 N–H and O–H groups in total. The predicted molar refractivity (Wildman–Crippen MR) is 107 cm³/mol. The van der Waals surface area contributed by atoms with Crippen LogP contribution in [-0.4, -0.2) is 64.4 Å². The summed E-state index contributed by atoms with van der Waals surface area (Å²) in [7, 11) is 2.28. The summed E-state index contributed by atoms with van der Waals surface area (Å²) in [4.78, 5) is 25.9. The van der Waals surface area contributed by atoms with Crippen LogP contribution in [0.4, 0.5) is 0 Å². The fourth-order valence-corrected chi connectivity index (χ4v) is 3.40. The van der Waals surface area contributed by atoms with E-state index in [2.05, 4.69) is 0 Å². The van der Waals surface area contributed by atoms with Gasteiger partial charge in [0.1, 0.15) is 5.75 Å². The Morgan fingerprint density at radius 3 is 2.34 bits per heavy atom. The molecule has 2 rings (SSSR count). The minimum atomic E-state index is -3.68. The Morgan fingerprint density at radius 2 is 1.69 bits per heavy atom. The summed E-state index contributed by atoms with van der Waals surface area (Å²) in [6.45, 7) is -0.131. The molecule has 1 amide bonds. The molecule has 0 aliphatic heterocycles. The zero-order valence-electron chi connectivity index (χ0n) is 16.8. The Balaban J connectivity index is 1.98. The third-order valence-corrected chi connectivity index (χ3v) is 5.97. The molecule has 2 aromatic carbocycles. The molecule has 0 saturated carbocycles. The molecule has 0 heterocycles. The van der Waals surface area contributed by atoms with Crippen molar-refractivity contribution < 1.29 is 27.5 Å². The number of amides is 1. The maximum atomic E-state index is 12.3. The lowest BCUT2D eigenvalue weighted by atomic mass is 10.2. The number of carbonyl (C=O) groups is 2. The highest BCUT2D eigenvalue weighted by atomic mass is 32.2. The van der Waals surface area contributed by atoms with Crippen molar-refractivity contribution in [2.45, 2.75) is 11.4 Å². The van der Waals surface area contributed by atoms with Crippen LogP contribution in [0.2, 0.25) is 0 Å². The minimum absolute atomic E-state index is 0.0292. The number of hydrogen-bond acceptors (Lipinski definition) is 6. The molecule has 0 atom stereocenters. The number of hydrogen-bond donors (Lipinski definition) is 0. The minimum Gasteiger partial charge on any atom is -0.497 e. The molecular weight excluding hydrogens is 396 g/mol. The van der Waals surface area contributed by atoms with Crippen LogP contribution in [0, 0.1) is 0 Å². The number of sulfonamides is 1. The second-order valence-electron chi connectivity index (χ2n) is 6.49. The van der Waals surface area contributed by atoms with Crippen LogP contribution in [0.1, 0.15) is 15.9 Å². The number of ether oxygens (including phenoxy) is 2. The van der Waals surface area contributed by atoms with E-state index in [1.54, 1.807) is 20.2 Å². The topological polar surface area (TPSA) is 93.2 Å². The standard InChI is InChI=1S/C20H24N2O6S/c1-21(2)29(25,26)18-10-6-8-16(12-18)20(24)28-14-19(23)22(3)13-15-7-5-9-17(11-15)27-4/h5-12H,13-14H2,1-4H3. The van der Waals surface area contributed by atoms with Gasteiger partial charge in [-0.1, -0.05) is 18.2 Å². The molecule has 0 radical (unpaired) electrons. The van der Waals surface area contributed by atoms with Gasteiger partial charge in [0.05, 0.1) is 17.6 Å². The number of esters is 1. The number of nitrogens with zero attached hydrogens (tertiary/aromatic N) is 2. The summed E-state index contributed by atoms with van der Waals surface area (Å²) >= 11 is 0. The molecule has 29 heavy (non-hydrogen) atoms. The van der Waals surface area contributed by atoms with E-state index in [0.29, 0.717) is 12.3 Å². The molecule has 0 aromatic heterocycles. The van der Waals surface area contributed by atoms with Crippen LogP contribution in [0.3, 0.4) is 0 Å². The van der Waals surface area contributed by atoms with Crippen molar-refractivity contribution in [2.24, 2.45) is 0 Å². The van der Waals surface area contributed by atoms with Crippen LogP contribution in [-0.2, 0) is 26.1 Å². The summed E-state index contributed by atoms with van der Waals surface area (Å²) in [6, 6.07) is 12.8. The van der Waals surface area contributed by atoms with E-state index in [-0.39, 0.29) is 10.5 Å². The first kappa shape index (κ1) is 22.4. The largest absolute Gasteiger partial charge is 0.497 e. The number of carbonyl (C=O) groups excluding carboxylic acids is 2. The highest BCUT2D eigenvalue weighted by Crippen LogP contribution is 2.16. The molecule has 0 aliphatic rings. The maximum absolute atomic E-state index is 12.3. The number of methoxy groups -OCH3 is 1. The molecule has 156 valence electrons. The van der Waals surface area contributed by atoms with Crippen molar-refractivity contribution in [1.29, 1.82) is 0 Å². The van der Waals surface area contributed by atoms with E-state index in [4.69, 9.17) is 9.47 Å². The van der Waals surface area contributed by atoms with Crippen molar-refractivity contribution in [3.63, 3.8) is 0 Å². The number of likely N-dealkylation sites (N-methyl/N-ethyl adjacent to an activating group) is 1. The van der Waals surface area contributed by atoms with Gasteiger partial charge in [0.25, 0.3) is 5.91 Å². The molecule has 8 nitrogen and oxygen atoms in total. The zero-order chi connectivity index (χ0) is 21.6. The van der Waals surface area contributed by atoms with Crippen molar-refractivity contribution >= 4 is 21.9 Å². The van der Waals surface area contributed by atoms with Crippen molar-refractivity contribution in [3.05, 3.63) is 59.7 Å². The Bertz CT molecular complexity index is 988. The fraction of sp³-hybridized carbons (Fsp3) is 0.300. The van der Waals surface area contributed by atoms with Gasteiger partial charge in [-0.15, -0.1) is 0 Å². The molecule has 0 bridgehead atoms. The van der Waals surface area contributed by atoms with Crippen LogP contribution in [0.15, 0.2) is 53.4 Å². The van der Waals surface area contributed by atoms with Crippen LogP contribution < -0.4 is 4.74 Å². The van der Waals surface area contributed by atoms with Gasteiger partial charge in [-0.05, 0) is 35.9 Å². The third-order valence-electron chi connectivity index (χ3n) is 4.15. The average molecular weight is 420 g/mol. The lowest BCUT2D eigenvalue weighted by Crippen LogP contribution is -2.30. The van der Waals surface area contributed by atoms with Gasteiger partial charge < -0.3 is 14.4 Å². The third kappa shape index (κ3) is 5.78. The Kier molecular flexibility index (Phi) is 7.35. The Morgan fingerprint density at radius 1 is 1.00 bits per heavy atom. The van der Waals surface area contributed by atoms with E-state index in [1.165, 1.54) is 43.3 Å². The first-order chi connectivity index (χ1) is 13.6. The van der Waals surface area contributed by atoms with Crippen LogP contribution in [0.25, 0.3) is 0 Å². The predicted octanol–water partition coefficient (Wildman–Crippen LogP) is 1.76. The molecule has 0 fully saturated rings. The second-order valence-corrected chi connectivity index (χ2v) is 8.64. The quantitative estimate of drug-likeness (QED) is 0.604. The van der Waals surface area contributed by atoms with Gasteiger partial charge in [-0.2, -0.15) is 0 Å². The second kappa shape index (κ2) is 9.53. The summed E-state index contributed by atoms with van der Waals surface area (Å²) in [6.07, 6.45) is 0. The van der Waals surface area contributed by atoms with Gasteiger partial charge >= 0.3 is 5.97 Å². The average Bonchev–Trinajstić information content (AvgIpc) is 2.71. The molecule has 0 saturated heterocycles. The van der Waals surface area contributed by atoms with E-state index in [9.17, 15) is 18.0 Å². The van der Waals surface area contributed by atoms with Gasteiger partial charge in [0.15, 0.2) is 6.61 Å². The molecular formula is C20H24N2O6S. The molecule has 9 heteroatoms. The number of benzene rings is 2. The Labute approximate surface area is 170 Å². The SMILES string of the molecule is COc1cccc(CN(C)C(=O)COC(=O)c2cccc(S(=O)(=O)N(C)C)c2)c1. The van der Waals surface area contributed by atoms with Crippen LogP contribution in [0.5, 0.6) is 5.75 Å². The van der Waals surface area contributed by atoms with Gasteiger partial charge in [0, 0.05) is 27.7 Å². The Hall–Kier alpha value is -2.91.